The van der Waals surface area contributed by atoms with Crippen molar-refractivity contribution in [2.24, 2.45) is 0 Å². The minimum absolute atomic E-state index is 0.279. The average molecular weight is 270 g/mol. The molecule has 0 aromatic heterocycles. The number of carbonyl (C=O) groups is 1. The van der Waals surface area contributed by atoms with Crippen LogP contribution in [0, 0.1) is 0 Å². The average Bonchev–Trinajstić information content (AvgIpc) is 2.20. The first kappa shape index (κ1) is 11.9. The molecular weight excluding hydrogens is 258 g/mol. The van der Waals surface area contributed by atoms with E-state index in [9.17, 15) is 4.79 Å². The van der Waals surface area contributed by atoms with Crippen molar-refractivity contribution < 1.29 is 9.90 Å². The van der Waals surface area contributed by atoms with Crippen molar-refractivity contribution in [1.29, 1.82) is 0 Å². The molecule has 3 nitrogen and oxygen atoms in total. The van der Waals surface area contributed by atoms with Gasteiger partial charge in [-0.05, 0) is 40.7 Å². The summed E-state index contributed by atoms with van der Waals surface area (Å²) in [6.07, 6.45) is 3.82. The van der Waals surface area contributed by atoms with Gasteiger partial charge in [0.2, 0.25) is 0 Å². The zero-order valence-corrected chi connectivity index (χ0v) is 9.91. The van der Waals surface area contributed by atoms with Gasteiger partial charge < -0.3 is 10.4 Å². The van der Waals surface area contributed by atoms with Crippen LogP contribution in [0.4, 0.5) is 0 Å². The van der Waals surface area contributed by atoms with Crippen molar-refractivity contribution in [1.82, 2.24) is 5.32 Å². The van der Waals surface area contributed by atoms with Crippen LogP contribution in [0.2, 0.25) is 0 Å². The summed E-state index contributed by atoms with van der Waals surface area (Å²) < 4.78 is 0.598. The van der Waals surface area contributed by atoms with Gasteiger partial charge in [-0.1, -0.05) is 18.2 Å². The zero-order valence-electron chi connectivity index (χ0n) is 8.33. The maximum absolute atomic E-state index is 10.8. The van der Waals surface area contributed by atoms with Gasteiger partial charge in [0.25, 0.3) is 0 Å². The van der Waals surface area contributed by atoms with Crippen LogP contribution in [-0.4, -0.2) is 24.7 Å². The van der Waals surface area contributed by atoms with Crippen molar-refractivity contribution >= 4 is 28.0 Å². The van der Waals surface area contributed by atoms with Crippen LogP contribution in [0.15, 0.2) is 28.7 Å². The summed E-state index contributed by atoms with van der Waals surface area (Å²) in [5, 5.41) is 11.9. The molecule has 1 aromatic rings. The van der Waals surface area contributed by atoms with Gasteiger partial charge in [-0.25, -0.2) is 4.79 Å². The number of hydrogen-bond donors (Lipinski definition) is 2. The molecule has 15 heavy (non-hydrogen) atoms. The van der Waals surface area contributed by atoms with E-state index in [4.69, 9.17) is 5.11 Å². The maximum atomic E-state index is 10.8. The van der Waals surface area contributed by atoms with Gasteiger partial charge >= 0.3 is 5.97 Å². The fourth-order valence-electron chi connectivity index (χ4n) is 1.12. The van der Waals surface area contributed by atoms with E-state index in [1.165, 1.54) is 0 Å². The number of benzene rings is 1. The van der Waals surface area contributed by atoms with Crippen molar-refractivity contribution in [3.05, 3.63) is 39.9 Å². The predicted molar refractivity (Wildman–Crippen MR) is 64.1 cm³/mol. The van der Waals surface area contributed by atoms with Crippen LogP contribution in [0.3, 0.4) is 0 Å². The summed E-state index contributed by atoms with van der Waals surface area (Å²) in [6.45, 7) is 0.762. The standard InChI is InChI=1S/C11H12BrNO2/c1-13-6-2-3-8-4-5-10(12)9(7-8)11(14)15/h2-5,7,13H,6H2,1H3,(H,14,15). The molecule has 0 radical (unpaired) electrons. The Hall–Kier alpha value is -1.13. The van der Waals surface area contributed by atoms with Crippen LogP contribution < -0.4 is 5.32 Å². The minimum atomic E-state index is -0.925. The quantitative estimate of drug-likeness (QED) is 0.883. The van der Waals surface area contributed by atoms with E-state index in [1.54, 1.807) is 12.1 Å². The molecule has 0 bridgehead atoms. The molecule has 0 aliphatic rings. The molecule has 0 fully saturated rings. The molecule has 0 aliphatic heterocycles. The van der Waals surface area contributed by atoms with Gasteiger partial charge in [0, 0.05) is 11.0 Å². The van der Waals surface area contributed by atoms with E-state index < -0.39 is 5.97 Å². The van der Waals surface area contributed by atoms with Crippen molar-refractivity contribution in [2.75, 3.05) is 13.6 Å². The molecule has 0 spiro atoms. The summed E-state index contributed by atoms with van der Waals surface area (Å²) in [4.78, 5) is 10.8. The number of carboxylic acids is 1. The number of halogens is 1. The van der Waals surface area contributed by atoms with Crippen LogP contribution in [0.25, 0.3) is 6.08 Å². The first-order valence-corrected chi connectivity index (χ1v) is 5.28. The number of rotatable bonds is 4. The molecule has 0 atom stereocenters. The highest BCUT2D eigenvalue weighted by atomic mass is 79.9. The monoisotopic (exact) mass is 269 g/mol. The zero-order chi connectivity index (χ0) is 11.3. The van der Waals surface area contributed by atoms with Crippen LogP contribution >= 0.6 is 15.9 Å². The lowest BCUT2D eigenvalue weighted by Gasteiger charge is -2.00. The lowest BCUT2D eigenvalue weighted by Crippen LogP contribution is -2.03. The number of nitrogens with one attached hydrogen (secondary N) is 1. The molecule has 0 saturated carbocycles. The van der Waals surface area contributed by atoms with Crippen LogP contribution in [-0.2, 0) is 0 Å². The van der Waals surface area contributed by atoms with E-state index in [-0.39, 0.29) is 5.56 Å². The number of carboxylic acid groups (broad SMARTS) is 1. The molecule has 0 saturated heterocycles. The molecule has 0 amide bonds. The summed E-state index contributed by atoms with van der Waals surface area (Å²) in [7, 11) is 1.86. The third kappa shape index (κ3) is 3.49. The van der Waals surface area contributed by atoms with Gasteiger partial charge in [0.15, 0.2) is 0 Å². The summed E-state index contributed by atoms with van der Waals surface area (Å²) in [5.74, 6) is -0.925. The highest BCUT2D eigenvalue weighted by Crippen LogP contribution is 2.18. The predicted octanol–water partition coefficient (Wildman–Crippen LogP) is 2.38. The summed E-state index contributed by atoms with van der Waals surface area (Å²) in [6, 6.07) is 5.24. The SMILES string of the molecule is CNCC=Cc1ccc(Br)c(C(=O)O)c1. The third-order valence-electron chi connectivity index (χ3n) is 1.85. The first-order chi connectivity index (χ1) is 7.15. The van der Waals surface area contributed by atoms with Gasteiger partial charge in [0.05, 0.1) is 5.56 Å². The Bertz CT molecular complexity index is 388. The van der Waals surface area contributed by atoms with E-state index in [0.717, 1.165) is 12.1 Å². The van der Waals surface area contributed by atoms with E-state index >= 15 is 0 Å². The fraction of sp³-hybridized carbons (Fsp3) is 0.182. The Balaban J connectivity index is 2.92. The number of hydrogen-bond acceptors (Lipinski definition) is 2. The number of aromatic carboxylic acids is 1. The fourth-order valence-corrected chi connectivity index (χ4v) is 1.54. The topological polar surface area (TPSA) is 49.3 Å². The molecule has 2 N–H and O–H groups in total. The second-order valence-corrected chi connectivity index (χ2v) is 3.86. The van der Waals surface area contributed by atoms with E-state index in [0.29, 0.717) is 4.47 Å². The molecular formula is C11H12BrNO2. The molecule has 1 aromatic carbocycles. The molecule has 1 rings (SSSR count). The molecule has 0 aliphatic carbocycles. The molecule has 80 valence electrons. The Morgan fingerprint density at radius 1 is 1.60 bits per heavy atom. The smallest absolute Gasteiger partial charge is 0.336 e. The van der Waals surface area contributed by atoms with Crippen molar-refractivity contribution in [3.63, 3.8) is 0 Å². The van der Waals surface area contributed by atoms with Gasteiger partial charge in [0.1, 0.15) is 0 Å². The van der Waals surface area contributed by atoms with Gasteiger partial charge in [-0.15, -0.1) is 0 Å². The Kier molecular flexibility index (Phi) is 4.52. The second kappa shape index (κ2) is 5.68. The highest BCUT2D eigenvalue weighted by molar-refractivity contribution is 9.10. The van der Waals surface area contributed by atoms with Crippen molar-refractivity contribution in [3.8, 4) is 0 Å². The molecule has 0 heterocycles. The van der Waals surface area contributed by atoms with E-state index in [1.807, 2.05) is 25.3 Å². The maximum Gasteiger partial charge on any atom is 0.336 e. The second-order valence-electron chi connectivity index (χ2n) is 3.00. The Morgan fingerprint density at radius 2 is 2.33 bits per heavy atom. The van der Waals surface area contributed by atoms with Crippen LogP contribution in [0.1, 0.15) is 15.9 Å². The van der Waals surface area contributed by atoms with Gasteiger partial charge in [-0.3, -0.25) is 0 Å². The lowest BCUT2D eigenvalue weighted by atomic mass is 10.1. The van der Waals surface area contributed by atoms with Crippen LogP contribution in [0.5, 0.6) is 0 Å². The van der Waals surface area contributed by atoms with E-state index in [2.05, 4.69) is 21.2 Å². The normalized spacial score (nSPS) is 10.8. The largest absolute Gasteiger partial charge is 0.478 e. The minimum Gasteiger partial charge on any atom is -0.478 e. The lowest BCUT2D eigenvalue weighted by molar-refractivity contribution is 0.0696. The Morgan fingerprint density at radius 3 is 2.93 bits per heavy atom. The number of likely N-dealkylation sites (N-methyl/N-ethyl adjacent to an activating group) is 1. The van der Waals surface area contributed by atoms with Crippen molar-refractivity contribution in [2.45, 2.75) is 0 Å². The summed E-state index contributed by atoms with van der Waals surface area (Å²) >= 11 is 3.20. The highest BCUT2D eigenvalue weighted by Gasteiger charge is 2.07. The first-order valence-electron chi connectivity index (χ1n) is 4.49. The molecule has 4 heteroatoms. The third-order valence-corrected chi connectivity index (χ3v) is 2.54. The summed E-state index contributed by atoms with van der Waals surface area (Å²) in [5.41, 5.74) is 1.16. The molecule has 0 unspecified atom stereocenters. The Labute approximate surface area is 96.9 Å². The van der Waals surface area contributed by atoms with Gasteiger partial charge in [-0.2, -0.15) is 0 Å².